The Morgan fingerprint density at radius 3 is 2.62 bits per heavy atom. The summed E-state index contributed by atoms with van der Waals surface area (Å²) >= 11 is 0. The first-order chi connectivity index (χ1) is 14.0. The average Bonchev–Trinajstić information content (AvgIpc) is 3.44. The lowest BCUT2D eigenvalue weighted by atomic mass is 9.83. The number of nitriles is 1. The number of carbonyl (C=O) groups is 2. The van der Waals surface area contributed by atoms with Crippen LogP contribution in [0.1, 0.15) is 49.0 Å². The zero-order valence-electron chi connectivity index (χ0n) is 15.8. The number of amides is 2. The van der Waals surface area contributed by atoms with Gasteiger partial charge >= 0.3 is 0 Å². The van der Waals surface area contributed by atoms with E-state index in [1.807, 2.05) is 0 Å². The molecular weight excluding hydrogens is 378 g/mol. The standard InChI is InChI=1S/C21H22F2N4O2/c22-12-7-15(23)14-9-18(25-17(14)8-12)21(29)26-16-4-2-1-3-13(16)20(28)27-19(10-24)11-5-6-11/h7-9,11,13,16,19,25H,1-6H2,(H,26,29)(H,27,28)/t13-,16?,19-/m1/s1. The van der Waals surface area contributed by atoms with Gasteiger partial charge in [0, 0.05) is 17.5 Å². The van der Waals surface area contributed by atoms with E-state index >= 15 is 0 Å². The molecule has 3 atom stereocenters. The largest absolute Gasteiger partial charge is 0.350 e. The van der Waals surface area contributed by atoms with Crippen LogP contribution in [-0.2, 0) is 4.79 Å². The first kappa shape index (κ1) is 19.4. The van der Waals surface area contributed by atoms with E-state index in [9.17, 15) is 23.6 Å². The van der Waals surface area contributed by atoms with E-state index in [-0.39, 0.29) is 34.5 Å². The van der Waals surface area contributed by atoms with Gasteiger partial charge in [0.2, 0.25) is 5.91 Å². The topological polar surface area (TPSA) is 97.8 Å². The minimum atomic E-state index is -0.743. The molecule has 3 N–H and O–H groups in total. The molecule has 152 valence electrons. The molecule has 1 aromatic heterocycles. The Hall–Kier alpha value is -2.95. The Labute approximate surface area is 166 Å². The van der Waals surface area contributed by atoms with Crippen molar-refractivity contribution in [2.24, 2.45) is 11.8 Å². The Balaban J connectivity index is 1.47. The predicted octanol–water partition coefficient (Wildman–Crippen LogP) is 3.15. The third-order valence-corrected chi connectivity index (χ3v) is 5.85. The number of aromatic nitrogens is 1. The molecule has 1 aromatic carbocycles. The molecule has 6 nitrogen and oxygen atoms in total. The molecule has 2 aromatic rings. The summed E-state index contributed by atoms with van der Waals surface area (Å²) < 4.78 is 27.3. The quantitative estimate of drug-likeness (QED) is 0.719. The minimum Gasteiger partial charge on any atom is -0.350 e. The SMILES string of the molecule is N#C[C@@H](NC(=O)[C@@H]1CCCCC1NC(=O)c1cc2c(F)cc(F)cc2[nH]1)C1CC1. The molecule has 0 bridgehead atoms. The van der Waals surface area contributed by atoms with Crippen LogP contribution in [0.2, 0.25) is 0 Å². The zero-order chi connectivity index (χ0) is 20.5. The van der Waals surface area contributed by atoms with Crippen molar-refractivity contribution in [3.8, 4) is 6.07 Å². The van der Waals surface area contributed by atoms with Gasteiger partial charge in [-0.15, -0.1) is 0 Å². The summed E-state index contributed by atoms with van der Waals surface area (Å²) in [5.41, 5.74) is 0.314. The first-order valence-corrected chi connectivity index (χ1v) is 9.95. The van der Waals surface area contributed by atoms with Crippen molar-refractivity contribution in [2.45, 2.75) is 50.6 Å². The minimum absolute atomic E-state index is 0.113. The van der Waals surface area contributed by atoms with E-state index in [0.717, 1.165) is 37.8 Å². The van der Waals surface area contributed by atoms with Crippen molar-refractivity contribution >= 4 is 22.7 Å². The molecule has 0 radical (unpaired) electrons. The van der Waals surface area contributed by atoms with Crippen LogP contribution >= 0.6 is 0 Å². The Bertz CT molecular complexity index is 992. The van der Waals surface area contributed by atoms with E-state index in [2.05, 4.69) is 21.7 Å². The summed E-state index contributed by atoms with van der Waals surface area (Å²) in [5, 5.41) is 15.1. The van der Waals surface area contributed by atoms with Gasteiger partial charge in [-0.2, -0.15) is 5.26 Å². The number of fused-ring (bicyclic) bond motifs is 1. The highest BCUT2D eigenvalue weighted by Gasteiger charge is 2.37. The van der Waals surface area contributed by atoms with Crippen molar-refractivity contribution in [2.75, 3.05) is 0 Å². The lowest BCUT2D eigenvalue weighted by molar-refractivity contribution is -0.127. The normalized spacial score (nSPS) is 22.7. The number of nitrogens with one attached hydrogen (secondary N) is 3. The molecule has 0 saturated heterocycles. The Kier molecular flexibility index (Phi) is 5.22. The number of halogens is 2. The summed E-state index contributed by atoms with van der Waals surface area (Å²) in [6, 6.07) is 4.54. The van der Waals surface area contributed by atoms with E-state index in [4.69, 9.17) is 0 Å². The maximum Gasteiger partial charge on any atom is 0.267 e. The van der Waals surface area contributed by atoms with Gasteiger partial charge in [0.15, 0.2) is 0 Å². The highest BCUT2D eigenvalue weighted by atomic mass is 19.1. The third kappa shape index (κ3) is 4.09. The Morgan fingerprint density at radius 2 is 1.90 bits per heavy atom. The summed E-state index contributed by atoms with van der Waals surface area (Å²) in [6.07, 6.45) is 4.93. The summed E-state index contributed by atoms with van der Waals surface area (Å²) in [5.74, 6) is -2.34. The van der Waals surface area contributed by atoms with Gasteiger partial charge in [-0.25, -0.2) is 8.78 Å². The molecule has 1 unspecified atom stereocenters. The molecule has 29 heavy (non-hydrogen) atoms. The van der Waals surface area contributed by atoms with Crippen LogP contribution in [0.5, 0.6) is 0 Å². The summed E-state index contributed by atoms with van der Waals surface area (Å²) in [6.45, 7) is 0. The number of hydrogen-bond donors (Lipinski definition) is 3. The fourth-order valence-electron chi connectivity index (χ4n) is 4.09. The third-order valence-electron chi connectivity index (χ3n) is 5.85. The number of hydrogen-bond acceptors (Lipinski definition) is 3. The lowest BCUT2D eigenvalue weighted by Gasteiger charge is -2.31. The number of H-pyrrole nitrogens is 1. The van der Waals surface area contributed by atoms with E-state index < -0.39 is 29.5 Å². The van der Waals surface area contributed by atoms with E-state index in [0.29, 0.717) is 12.8 Å². The second kappa shape index (κ2) is 7.82. The van der Waals surface area contributed by atoms with Crippen LogP contribution in [0, 0.1) is 34.8 Å². The molecule has 4 rings (SSSR count). The van der Waals surface area contributed by atoms with Crippen molar-refractivity contribution in [3.05, 3.63) is 35.5 Å². The van der Waals surface area contributed by atoms with Gasteiger partial charge in [-0.3, -0.25) is 9.59 Å². The van der Waals surface area contributed by atoms with Gasteiger partial charge in [0.05, 0.1) is 17.5 Å². The van der Waals surface area contributed by atoms with Crippen molar-refractivity contribution in [3.63, 3.8) is 0 Å². The average molecular weight is 400 g/mol. The summed E-state index contributed by atoms with van der Waals surface area (Å²) in [7, 11) is 0. The second-order valence-electron chi connectivity index (χ2n) is 7.96. The number of carbonyl (C=O) groups excluding carboxylic acids is 2. The molecule has 2 aliphatic carbocycles. The zero-order valence-corrected chi connectivity index (χ0v) is 15.8. The highest BCUT2D eigenvalue weighted by Crippen LogP contribution is 2.33. The molecule has 2 aliphatic rings. The molecule has 1 heterocycles. The maximum atomic E-state index is 13.9. The molecular formula is C21H22F2N4O2. The second-order valence-corrected chi connectivity index (χ2v) is 7.96. The molecule has 2 fully saturated rings. The fourth-order valence-corrected chi connectivity index (χ4v) is 4.09. The van der Waals surface area contributed by atoms with Crippen LogP contribution in [0.15, 0.2) is 18.2 Å². The van der Waals surface area contributed by atoms with Crippen molar-refractivity contribution in [1.29, 1.82) is 5.26 Å². The van der Waals surface area contributed by atoms with Gasteiger partial charge in [0.1, 0.15) is 23.4 Å². The first-order valence-electron chi connectivity index (χ1n) is 9.95. The van der Waals surface area contributed by atoms with Crippen LogP contribution in [0.3, 0.4) is 0 Å². The Morgan fingerprint density at radius 1 is 1.14 bits per heavy atom. The van der Waals surface area contributed by atoms with Gasteiger partial charge in [-0.05, 0) is 43.7 Å². The van der Waals surface area contributed by atoms with Gasteiger partial charge in [0.25, 0.3) is 5.91 Å². The predicted molar refractivity (Wildman–Crippen MR) is 102 cm³/mol. The molecule has 0 spiro atoms. The molecule has 2 saturated carbocycles. The van der Waals surface area contributed by atoms with Crippen molar-refractivity contribution in [1.82, 2.24) is 15.6 Å². The maximum absolute atomic E-state index is 13.9. The van der Waals surface area contributed by atoms with Gasteiger partial charge < -0.3 is 15.6 Å². The number of nitrogens with zero attached hydrogens (tertiary/aromatic N) is 1. The monoisotopic (exact) mass is 400 g/mol. The van der Waals surface area contributed by atoms with Crippen LogP contribution in [0.4, 0.5) is 8.78 Å². The number of benzene rings is 1. The van der Waals surface area contributed by atoms with E-state index in [1.165, 1.54) is 6.07 Å². The van der Waals surface area contributed by atoms with Crippen LogP contribution < -0.4 is 10.6 Å². The lowest BCUT2D eigenvalue weighted by Crippen LogP contribution is -2.50. The smallest absolute Gasteiger partial charge is 0.267 e. The van der Waals surface area contributed by atoms with Crippen LogP contribution in [-0.4, -0.2) is 28.9 Å². The molecule has 0 aliphatic heterocycles. The van der Waals surface area contributed by atoms with E-state index in [1.54, 1.807) is 0 Å². The molecule has 8 heteroatoms. The van der Waals surface area contributed by atoms with Gasteiger partial charge in [-0.1, -0.05) is 12.8 Å². The highest BCUT2D eigenvalue weighted by molar-refractivity contribution is 5.98. The summed E-state index contributed by atoms with van der Waals surface area (Å²) in [4.78, 5) is 28.2. The number of aromatic amines is 1. The van der Waals surface area contributed by atoms with Crippen molar-refractivity contribution < 1.29 is 18.4 Å². The number of rotatable bonds is 5. The fraction of sp³-hybridized carbons (Fsp3) is 0.476. The van der Waals surface area contributed by atoms with Crippen LogP contribution in [0.25, 0.3) is 10.9 Å². The molecule has 2 amide bonds.